The summed E-state index contributed by atoms with van der Waals surface area (Å²) in [5.41, 5.74) is 2.07. The summed E-state index contributed by atoms with van der Waals surface area (Å²) < 4.78 is 7.33. The molecular weight excluding hydrogens is 368 g/mol. The Bertz CT molecular complexity index is 1080. The minimum atomic E-state index is -0.368. The highest BCUT2D eigenvalue weighted by atomic mass is 16.4. The number of amides is 2. The van der Waals surface area contributed by atoms with E-state index in [9.17, 15) is 14.9 Å². The van der Waals surface area contributed by atoms with Gasteiger partial charge in [-0.15, -0.1) is 0 Å². The number of carbonyl (C=O) groups excluding carboxylic acids is 2. The molecular formula is C22H20N4O3. The molecule has 0 saturated heterocycles. The van der Waals surface area contributed by atoms with Crippen LogP contribution < -0.4 is 10.6 Å². The molecule has 0 spiro atoms. The average molecular weight is 388 g/mol. The maximum Gasteiger partial charge on any atom is 0.256 e. The Morgan fingerprint density at radius 1 is 1.21 bits per heavy atom. The number of rotatable bonds is 6. The van der Waals surface area contributed by atoms with Gasteiger partial charge in [-0.3, -0.25) is 14.2 Å². The summed E-state index contributed by atoms with van der Waals surface area (Å²) in [7, 11) is 0. The Morgan fingerprint density at radius 3 is 2.52 bits per heavy atom. The number of anilines is 1. The molecule has 0 atom stereocenters. The van der Waals surface area contributed by atoms with Gasteiger partial charge in [-0.25, -0.2) is 0 Å². The van der Waals surface area contributed by atoms with E-state index in [-0.39, 0.29) is 28.9 Å². The van der Waals surface area contributed by atoms with Crippen LogP contribution in [0.15, 0.2) is 53.2 Å². The molecule has 2 N–H and O–H groups in total. The van der Waals surface area contributed by atoms with Crippen molar-refractivity contribution in [3.05, 3.63) is 71.2 Å². The van der Waals surface area contributed by atoms with Crippen LogP contribution in [-0.2, 0) is 11.3 Å². The van der Waals surface area contributed by atoms with Crippen LogP contribution in [0.5, 0.6) is 0 Å². The van der Waals surface area contributed by atoms with E-state index in [1.165, 1.54) is 0 Å². The first kappa shape index (κ1) is 18.6. The summed E-state index contributed by atoms with van der Waals surface area (Å²) in [6, 6.07) is 13.0. The number of nitrogens with zero attached hydrogens (tertiary/aromatic N) is 2. The summed E-state index contributed by atoms with van der Waals surface area (Å²) in [4.78, 5) is 24.5. The van der Waals surface area contributed by atoms with Crippen LogP contribution in [0.2, 0.25) is 0 Å². The van der Waals surface area contributed by atoms with E-state index in [0.29, 0.717) is 18.2 Å². The first-order valence-electron chi connectivity index (χ1n) is 9.41. The molecule has 3 aromatic rings. The Balaban J connectivity index is 1.43. The smallest absolute Gasteiger partial charge is 0.256 e. The van der Waals surface area contributed by atoms with Crippen LogP contribution in [0.3, 0.4) is 0 Å². The Kier molecular flexibility index (Phi) is 4.92. The Morgan fingerprint density at radius 2 is 1.90 bits per heavy atom. The summed E-state index contributed by atoms with van der Waals surface area (Å²) >= 11 is 0. The maximum absolute atomic E-state index is 12.7. The fourth-order valence-electron chi connectivity index (χ4n) is 3.13. The topological polar surface area (TPSA) is 100 Å². The maximum atomic E-state index is 12.7. The number of aryl methyl sites for hydroxylation is 1. The third-order valence-electron chi connectivity index (χ3n) is 4.87. The highest BCUT2D eigenvalue weighted by molar-refractivity contribution is 5.98. The largest absolute Gasteiger partial charge is 0.443 e. The van der Waals surface area contributed by atoms with Crippen molar-refractivity contribution in [2.75, 3.05) is 5.32 Å². The average Bonchev–Trinajstić information content (AvgIpc) is 3.33. The molecule has 4 rings (SSSR count). The monoisotopic (exact) mass is 388 g/mol. The SMILES string of the molecule is Cc1oc(-n2cccc2)c(C#N)c1C(=O)NCc1ccc(NC(=O)C2CC2)cc1. The predicted molar refractivity (Wildman–Crippen MR) is 106 cm³/mol. The van der Waals surface area contributed by atoms with Gasteiger partial charge in [0.25, 0.3) is 5.91 Å². The van der Waals surface area contributed by atoms with Gasteiger partial charge in [0.05, 0.1) is 0 Å². The van der Waals surface area contributed by atoms with Crippen molar-refractivity contribution < 1.29 is 14.0 Å². The molecule has 2 amide bonds. The van der Waals surface area contributed by atoms with E-state index in [2.05, 4.69) is 16.7 Å². The number of furan rings is 1. The molecule has 2 heterocycles. The fraction of sp³-hybridized carbons (Fsp3) is 0.227. The van der Waals surface area contributed by atoms with E-state index in [1.807, 2.05) is 36.4 Å². The number of benzene rings is 1. The molecule has 1 saturated carbocycles. The van der Waals surface area contributed by atoms with Crippen molar-refractivity contribution in [1.82, 2.24) is 9.88 Å². The van der Waals surface area contributed by atoms with Gasteiger partial charge < -0.3 is 15.1 Å². The molecule has 29 heavy (non-hydrogen) atoms. The molecule has 0 radical (unpaired) electrons. The van der Waals surface area contributed by atoms with Gasteiger partial charge in [0.2, 0.25) is 11.8 Å². The molecule has 1 aliphatic rings. The normalized spacial score (nSPS) is 13.0. The molecule has 1 aromatic carbocycles. The molecule has 146 valence electrons. The van der Waals surface area contributed by atoms with Gasteiger partial charge in [-0.1, -0.05) is 12.1 Å². The highest BCUT2D eigenvalue weighted by Gasteiger charge is 2.29. The van der Waals surface area contributed by atoms with E-state index < -0.39 is 0 Å². The van der Waals surface area contributed by atoms with Crippen molar-refractivity contribution in [2.24, 2.45) is 5.92 Å². The van der Waals surface area contributed by atoms with E-state index >= 15 is 0 Å². The van der Waals surface area contributed by atoms with Crippen molar-refractivity contribution in [2.45, 2.75) is 26.3 Å². The molecule has 7 heteroatoms. The third kappa shape index (κ3) is 3.92. The van der Waals surface area contributed by atoms with Gasteiger partial charge >= 0.3 is 0 Å². The van der Waals surface area contributed by atoms with Gasteiger partial charge in [0, 0.05) is 30.5 Å². The van der Waals surface area contributed by atoms with Crippen molar-refractivity contribution >= 4 is 17.5 Å². The van der Waals surface area contributed by atoms with Crippen LogP contribution in [-0.4, -0.2) is 16.4 Å². The Labute approximate surface area is 167 Å². The van der Waals surface area contributed by atoms with Gasteiger partial charge in [-0.05, 0) is 49.6 Å². The minimum absolute atomic E-state index is 0.0593. The van der Waals surface area contributed by atoms with Crippen molar-refractivity contribution in [1.29, 1.82) is 5.26 Å². The van der Waals surface area contributed by atoms with Gasteiger partial charge in [0.1, 0.15) is 23.0 Å². The number of hydrogen-bond acceptors (Lipinski definition) is 4. The second kappa shape index (κ2) is 7.68. The zero-order chi connectivity index (χ0) is 20.4. The third-order valence-corrected chi connectivity index (χ3v) is 4.87. The lowest BCUT2D eigenvalue weighted by Crippen LogP contribution is -2.24. The molecule has 1 aliphatic carbocycles. The van der Waals surface area contributed by atoms with E-state index in [0.717, 1.165) is 24.1 Å². The zero-order valence-electron chi connectivity index (χ0n) is 15.9. The summed E-state index contributed by atoms with van der Waals surface area (Å²) in [6.07, 6.45) is 5.43. The number of aromatic nitrogens is 1. The summed E-state index contributed by atoms with van der Waals surface area (Å²) in [5.74, 6) is 0.561. The van der Waals surface area contributed by atoms with Crippen LogP contribution in [0, 0.1) is 24.2 Å². The lowest BCUT2D eigenvalue weighted by atomic mass is 10.1. The van der Waals surface area contributed by atoms with Crippen LogP contribution in [0.25, 0.3) is 5.88 Å². The molecule has 7 nitrogen and oxygen atoms in total. The minimum Gasteiger partial charge on any atom is -0.443 e. The van der Waals surface area contributed by atoms with Crippen LogP contribution in [0.1, 0.15) is 40.1 Å². The van der Waals surface area contributed by atoms with Crippen molar-refractivity contribution in [3.8, 4) is 12.0 Å². The van der Waals surface area contributed by atoms with E-state index in [4.69, 9.17) is 4.42 Å². The number of hydrogen-bond donors (Lipinski definition) is 2. The van der Waals surface area contributed by atoms with Crippen LogP contribution in [0.4, 0.5) is 5.69 Å². The lowest BCUT2D eigenvalue weighted by Gasteiger charge is -2.07. The first-order valence-corrected chi connectivity index (χ1v) is 9.41. The first-order chi connectivity index (χ1) is 14.1. The Hall–Kier alpha value is -3.79. The van der Waals surface area contributed by atoms with E-state index in [1.54, 1.807) is 23.9 Å². The standard InChI is InChI=1S/C22H20N4O3/c1-14-19(18(12-23)22(29-14)26-10-2-3-11-26)21(28)24-13-15-4-8-17(9-5-15)25-20(27)16-6-7-16/h2-5,8-11,16H,6-7,13H2,1H3,(H,24,28)(H,25,27). The molecule has 0 bridgehead atoms. The number of nitrogens with one attached hydrogen (secondary N) is 2. The van der Waals surface area contributed by atoms with Crippen molar-refractivity contribution in [3.63, 3.8) is 0 Å². The van der Waals surface area contributed by atoms with Gasteiger partial charge in [0.15, 0.2) is 0 Å². The summed E-state index contributed by atoms with van der Waals surface area (Å²) in [5, 5.41) is 15.3. The quantitative estimate of drug-likeness (QED) is 0.675. The molecule has 0 aliphatic heterocycles. The predicted octanol–water partition coefficient (Wildman–Crippen LogP) is 3.53. The second-order valence-corrected chi connectivity index (χ2v) is 7.06. The van der Waals surface area contributed by atoms with Gasteiger partial charge in [-0.2, -0.15) is 5.26 Å². The number of nitriles is 1. The number of carbonyl (C=O) groups is 2. The second-order valence-electron chi connectivity index (χ2n) is 7.06. The molecule has 1 fully saturated rings. The zero-order valence-corrected chi connectivity index (χ0v) is 15.9. The molecule has 2 aromatic heterocycles. The lowest BCUT2D eigenvalue weighted by molar-refractivity contribution is -0.117. The highest BCUT2D eigenvalue weighted by Crippen LogP contribution is 2.30. The van der Waals surface area contributed by atoms with Crippen LogP contribution >= 0.6 is 0 Å². The fourth-order valence-corrected chi connectivity index (χ4v) is 3.13. The summed E-state index contributed by atoms with van der Waals surface area (Å²) in [6.45, 7) is 1.96. The molecule has 0 unspecified atom stereocenters.